The molecule has 3 aromatic rings. The molecule has 0 saturated heterocycles. The number of phenols is 2. The van der Waals surface area contributed by atoms with Crippen LogP contribution in [0.15, 0.2) is 54.6 Å². The Balaban J connectivity index is 1.09. The van der Waals surface area contributed by atoms with Gasteiger partial charge in [-0.2, -0.15) is 0 Å². The highest BCUT2D eigenvalue weighted by molar-refractivity contribution is 6.32. The first kappa shape index (κ1) is 51.5. The summed E-state index contributed by atoms with van der Waals surface area (Å²) in [7, 11) is 0. The van der Waals surface area contributed by atoms with Gasteiger partial charge in [0.2, 0.25) is 17.7 Å². The van der Waals surface area contributed by atoms with E-state index in [1.165, 1.54) is 36.4 Å². The summed E-state index contributed by atoms with van der Waals surface area (Å²) >= 11 is 0. The van der Waals surface area contributed by atoms with Crippen molar-refractivity contribution >= 4 is 70.4 Å². The first-order valence-corrected chi connectivity index (χ1v) is 22.9. The number of primary amides is 1. The summed E-state index contributed by atoms with van der Waals surface area (Å²) in [5.41, 5.74) is 4.57. The molecule has 1 heterocycles. The van der Waals surface area contributed by atoms with E-state index in [2.05, 4.69) is 26.6 Å². The third-order valence-corrected chi connectivity index (χ3v) is 12.4. The molecular weight excluding hydrogens is 911 g/mol. The lowest BCUT2D eigenvalue weighted by Crippen LogP contribution is -2.54. The summed E-state index contributed by atoms with van der Waals surface area (Å²) in [6.07, 6.45) is 3.34. The van der Waals surface area contributed by atoms with Gasteiger partial charge in [0.25, 0.3) is 11.8 Å². The summed E-state index contributed by atoms with van der Waals surface area (Å²) in [5.74, 6) is -6.79. The quantitative estimate of drug-likeness (QED) is 0.0330. The van der Waals surface area contributed by atoms with Crippen LogP contribution in [0.1, 0.15) is 107 Å². The van der Waals surface area contributed by atoms with Crippen molar-refractivity contribution in [2.45, 2.75) is 90.3 Å². The summed E-state index contributed by atoms with van der Waals surface area (Å²) in [4.78, 5) is 130. The Hall–Kier alpha value is -7.94. The number of ketones is 3. The van der Waals surface area contributed by atoms with Gasteiger partial charge in [0.05, 0.1) is 22.4 Å². The molecule has 6 rings (SSSR count). The number of nitrogens with two attached hydrogens (primary N) is 1. The van der Waals surface area contributed by atoms with E-state index in [0.717, 1.165) is 4.90 Å². The van der Waals surface area contributed by atoms with Crippen LogP contribution in [0.2, 0.25) is 0 Å². The number of aliphatic hydroxyl groups excluding tert-OH is 1. The average Bonchev–Trinajstić information content (AvgIpc) is 3.65. The van der Waals surface area contributed by atoms with Crippen molar-refractivity contribution in [2.75, 3.05) is 30.3 Å². The molecule has 10 N–H and O–H groups in total. The summed E-state index contributed by atoms with van der Waals surface area (Å²) in [6.45, 7) is 2.59. The van der Waals surface area contributed by atoms with Gasteiger partial charge in [0.15, 0.2) is 17.3 Å². The number of imide groups is 1. The summed E-state index contributed by atoms with van der Waals surface area (Å²) in [5, 5.41) is 45.1. The van der Waals surface area contributed by atoms with Crippen LogP contribution in [-0.2, 0) is 53.0 Å². The lowest BCUT2D eigenvalue weighted by atomic mass is 9.74. The number of carbonyl (C=O) groups is 10. The summed E-state index contributed by atoms with van der Waals surface area (Å²) in [6, 6.07) is 7.33. The number of phenolic OH excluding ortho intramolecular Hbond substituents is 2. The number of para-hydroxylation sites is 1. The molecule has 0 bridgehead atoms. The normalized spacial score (nSPS) is 15.6. The highest BCUT2D eigenvalue weighted by atomic mass is 16.5. The number of Topliss-reactive ketones (excluding diaryl/α,β-unsaturated/α-hetero) is 1. The molecule has 3 atom stereocenters. The second-order valence-corrected chi connectivity index (χ2v) is 17.5. The Bertz CT molecular complexity index is 2640. The van der Waals surface area contributed by atoms with E-state index in [4.69, 9.17) is 10.5 Å². The highest BCUT2D eigenvalue weighted by Gasteiger charge is 2.41. The fraction of sp³-hybridized carbons (Fsp3) is 0.388. The molecule has 3 aliphatic rings. The van der Waals surface area contributed by atoms with E-state index < -0.39 is 107 Å². The number of amides is 8. The van der Waals surface area contributed by atoms with E-state index in [0.29, 0.717) is 24.8 Å². The second-order valence-electron chi connectivity index (χ2n) is 17.5. The maximum Gasteiger partial charge on any atom is 0.411 e. The minimum atomic E-state index is -1.20. The Morgan fingerprint density at radius 1 is 0.786 bits per heavy atom. The smallest absolute Gasteiger partial charge is 0.411 e. The topological polar surface area (TPSA) is 330 Å². The van der Waals surface area contributed by atoms with Crippen molar-refractivity contribution in [3.05, 3.63) is 93.6 Å². The second kappa shape index (κ2) is 22.9. The van der Waals surface area contributed by atoms with E-state index in [-0.39, 0.29) is 97.1 Å². The van der Waals surface area contributed by atoms with Gasteiger partial charge in [-0.05, 0) is 63.0 Å². The molecule has 21 heteroatoms. The Kier molecular flexibility index (Phi) is 16.8. The van der Waals surface area contributed by atoms with Crippen LogP contribution in [0.4, 0.5) is 21.0 Å². The number of aromatic hydroxyl groups is 2. The molecule has 370 valence electrons. The fourth-order valence-electron chi connectivity index (χ4n) is 8.67. The van der Waals surface area contributed by atoms with Crippen LogP contribution in [0.3, 0.4) is 0 Å². The fourth-order valence-corrected chi connectivity index (χ4v) is 8.67. The zero-order valence-electron chi connectivity index (χ0n) is 38.6. The van der Waals surface area contributed by atoms with Crippen LogP contribution in [0.5, 0.6) is 11.5 Å². The number of urea groups is 1. The standard InChI is InChI=1S/C49H55N7O14/c1-25(2)41(55-35(59)15-4-3-7-21-56-36(60)18-19-37(56)61)47(67)53-33(14-9-20-51-48(50)68)46(66)52-31-12-6-5-10-27(31)24-70-49(69)54-32-13-8-11-29-38(32)45(65)40-39(43(29)63)44(64)30-22-26(34(58)23-57)16-17-28(30)42(40)62/h5-6,8,10-13,18-19,25-26,33,41,57,62,64H,3-4,7,9,14-17,20-24H2,1-2H3,(H,52,66)(H,53,67)(H,54,69)(H,55,59)(H3,50,51,68)/t26-,33-,41-/m0/s1. The molecule has 1 aliphatic heterocycles. The molecule has 21 nitrogen and oxygen atoms in total. The van der Waals surface area contributed by atoms with Crippen molar-refractivity contribution in [3.63, 3.8) is 0 Å². The van der Waals surface area contributed by atoms with Gasteiger partial charge in [-0.15, -0.1) is 0 Å². The van der Waals surface area contributed by atoms with Crippen LogP contribution in [0.25, 0.3) is 0 Å². The molecule has 0 unspecified atom stereocenters. The number of nitrogens with zero attached hydrogens (tertiary/aromatic N) is 1. The molecule has 0 radical (unpaired) electrons. The predicted molar refractivity (Wildman–Crippen MR) is 249 cm³/mol. The van der Waals surface area contributed by atoms with Gasteiger partial charge in [-0.3, -0.25) is 48.6 Å². The highest BCUT2D eigenvalue weighted by Crippen LogP contribution is 2.47. The first-order valence-electron chi connectivity index (χ1n) is 22.9. The number of carbonyl (C=O) groups excluding carboxylic acids is 10. The Morgan fingerprint density at radius 2 is 1.47 bits per heavy atom. The van der Waals surface area contributed by atoms with Crippen molar-refractivity contribution in [1.29, 1.82) is 0 Å². The van der Waals surface area contributed by atoms with Crippen LogP contribution in [0, 0.1) is 11.8 Å². The molecule has 8 amide bonds. The van der Waals surface area contributed by atoms with E-state index >= 15 is 0 Å². The molecule has 0 spiro atoms. The monoisotopic (exact) mass is 965 g/mol. The first-order chi connectivity index (χ1) is 33.4. The number of hydrogen-bond donors (Lipinski definition) is 9. The largest absolute Gasteiger partial charge is 0.507 e. The zero-order chi connectivity index (χ0) is 50.8. The molecule has 3 aromatic carbocycles. The van der Waals surface area contributed by atoms with Gasteiger partial charge in [-0.1, -0.05) is 50.6 Å². The van der Waals surface area contributed by atoms with E-state index in [1.807, 2.05) is 0 Å². The predicted octanol–water partition coefficient (Wildman–Crippen LogP) is 2.79. The SMILES string of the molecule is CC(C)[C@H](NC(=O)CCCCCN1C(=O)C=CC1=O)C(=O)N[C@@H](CCCNC(N)=O)C(=O)Nc1ccccc1COC(=O)Nc1cccc2c1C(=O)c1c(O)c3c(c(O)c1C2=O)C[C@@H](C(=O)CO)CC3. The number of rotatable bonds is 21. The molecular formula is C49H55N7O14. The van der Waals surface area contributed by atoms with Crippen molar-refractivity contribution < 1.29 is 68.0 Å². The van der Waals surface area contributed by atoms with Crippen LogP contribution >= 0.6 is 0 Å². The van der Waals surface area contributed by atoms with Crippen LogP contribution in [-0.4, -0.2) is 111 Å². The summed E-state index contributed by atoms with van der Waals surface area (Å²) < 4.78 is 5.50. The number of fused-ring (bicyclic) bond motifs is 3. The number of hydrogen-bond acceptors (Lipinski definition) is 14. The maximum atomic E-state index is 14.1. The Morgan fingerprint density at radius 3 is 2.17 bits per heavy atom. The number of nitrogens with one attached hydrogen (secondary N) is 5. The molecule has 0 aromatic heterocycles. The Labute approximate surface area is 401 Å². The number of unbranched alkanes of at least 4 members (excludes halogenated alkanes) is 2. The lowest BCUT2D eigenvalue weighted by Gasteiger charge is -2.29. The lowest BCUT2D eigenvalue weighted by molar-refractivity contribution is -0.137. The van der Waals surface area contributed by atoms with E-state index in [9.17, 15) is 63.3 Å². The molecule has 70 heavy (non-hydrogen) atoms. The van der Waals surface area contributed by atoms with E-state index in [1.54, 1.807) is 32.0 Å². The number of benzene rings is 3. The maximum absolute atomic E-state index is 14.1. The number of ether oxygens (including phenoxy) is 1. The third-order valence-electron chi connectivity index (χ3n) is 12.4. The van der Waals surface area contributed by atoms with Gasteiger partial charge in [-0.25, -0.2) is 9.59 Å². The molecule has 2 aliphatic carbocycles. The molecule has 0 fully saturated rings. The van der Waals surface area contributed by atoms with Crippen LogP contribution < -0.4 is 32.3 Å². The minimum absolute atomic E-state index is 0.0221. The van der Waals surface area contributed by atoms with Crippen molar-refractivity contribution in [2.24, 2.45) is 17.6 Å². The van der Waals surface area contributed by atoms with Gasteiger partial charge >= 0.3 is 12.1 Å². The van der Waals surface area contributed by atoms with Gasteiger partial charge in [0, 0.05) is 65.5 Å². The van der Waals surface area contributed by atoms with Gasteiger partial charge in [0.1, 0.15) is 36.8 Å². The average molecular weight is 966 g/mol. The van der Waals surface area contributed by atoms with Crippen molar-refractivity contribution in [1.82, 2.24) is 20.9 Å². The minimum Gasteiger partial charge on any atom is -0.507 e. The zero-order valence-corrected chi connectivity index (χ0v) is 38.6. The number of anilines is 2. The third kappa shape index (κ3) is 11.8. The molecule has 0 saturated carbocycles. The number of aliphatic hydroxyl groups is 1. The van der Waals surface area contributed by atoms with Gasteiger partial charge < -0.3 is 47.1 Å². The van der Waals surface area contributed by atoms with Crippen molar-refractivity contribution in [3.8, 4) is 11.5 Å².